The van der Waals surface area contributed by atoms with E-state index in [1.165, 1.54) is 18.5 Å². The van der Waals surface area contributed by atoms with Crippen molar-refractivity contribution in [1.29, 1.82) is 0 Å². The number of hydrogen-bond donors (Lipinski definition) is 2. The molecule has 0 saturated heterocycles. The van der Waals surface area contributed by atoms with Gasteiger partial charge in [-0.25, -0.2) is 13.4 Å². The van der Waals surface area contributed by atoms with Crippen LogP contribution in [0.4, 0.5) is 17.5 Å². The Bertz CT molecular complexity index is 1060. The summed E-state index contributed by atoms with van der Waals surface area (Å²) in [4.78, 5) is 8.67. The zero-order valence-corrected chi connectivity index (χ0v) is 15.3. The first-order valence-electron chi connectivity index (χ1n) is 7.81. The van der Waals surface area contributed by atoms with Gasteiger partial charge in [0.1, 0.15) is 5.82 Å². The fraction of sp³-hybridized carbons (Fsp3) is 0.250. The third-order valence-corrected chi connectivity index (χ3v) is 4.91. The predicted molar refractivity (Wildman–Crippen MR) is 96.7 cm³/mol. The highest BCUT2D eigenvalue weighted by atomic mass is 32.2. The average Bonchev–Trinajstić information content (AvgIpc) is 3.02. The zero-order valence-electron chi connectivity index (χ0n) is 14.5. The van der Waals surface area contributed by atoms with Crippen LogP contribution in [0.25, 0.3) is 11.5 Å². The molecule has 0 spiro atoms. The lowest BCUT2D eigenvalue weighted by Gasteiger charge is -2.09. The molecule has 0 aliphatic rings. The van der Waals surface area contributed by atoms with Crippen LogP contribution in [0, 0.1) is 6.92 Å². The number of anilines is 3. The van der Waals surface area contributed by atoms with Gasteiger partial charge in [-0.1, -0.05) is 6.92 Å². The number of benzene rings is 1. The molecule has 3 N–H and O–H groups in total. The fourth-order valence-electron chi connectivity index (χ4n) is 2.40. The molecule has 1 aromatic carbocycles. The normalized spacial score (nSPS) is 11.5. The molecule has 0 bridgehead atoms. The smallest absolute Gasteiger partial charge is 0.253 e. The number of nitrogen functional groups attached to an aromatic ring is 1. The molecular weight excluding hydrogens is 356 g/mol. The van der Waals surface area contributed by atoms with E-state index in [1.807, 2.05) is 6.92 Å². The number of nitrogens with zero attached hydrogens (tertiary/aromatic N) is 4. The van der Waals surface area contributed by atoms with Crippen LogP contribution >= 0.6 is 0 Å². The molecule has 0 aliphatic carbocycles. The van der Waals surface area contributed by atoms with Crippen molar-refractivity contribution in [2.75, 3.05) is 17.3 Å². The first-order chi connectivity index (χ1) is 12.3. The molecule has 0 saturated carbocycles. The second-order valence-electron chi connectivity index (χ2n) is 5.72. The van der Waals surface area contributed by atoms with Gasteiger partial charge >= 0.3 is 0 Å². The minimum Gasteiger partial charge on any atom is -0.421 e. The topological polar surface area (TPSA) is 137 Å². The Morgan fingerprint density at radius 3 is 2.62 bits per heavy atom. The molecular formula is C16H18N6O3S. The summed E-state index contributed by atoms with van der Waals surface area (Å²) in [6, 6.07) is 4.88. The molecule has 10 heteroatoms. The van der Waals surface area contributed by atoms with Crippen molar-refractivity contribution in [3.05, 3.63) is 35.9 Å². The van der Waals surface area contributed by atoms with Gasteiger partial charge in [0.25, 0.3) is 5.89 Å². The molecule has 3 rings (SSSR count). The summed E-state index contributed by atoms with van der Waals surface area (Å²) in [6.45, 7) is 3.63. The van der Waals surface area contributed by atoms with E-state index in [9.17, 15) is 8.42 Å². The highest BCUT2D eigenvalue weighted by Crippen LogP contribution is 2.25. The zero-order chi connectivity index (χ0) is 18.9. The Morgan fingerprint density at radius 1 is 1.27 bits per heavy atom. The van der Waals surface area contributed by atoms with Gasteiger partial charge in [-0.15, -0.1) is 10.2 Å². The van der Waals surface area contributed by atoms with Crippen molar-refractivity contribution in [3.63, 3.8) is 0 Å². The molecule has 0 atom stereocenters. The highest BCUT2D eigenvalue weighted by Gasteiger charge is 2.14. The van der Waals surface area contributed by atoms with Crippen LogP contribution in [-0.4, -0.2) is 34.8 Å². The lowest BCUT2D eigenvalue weighted by molar-refractivity contribution is 0.512. The van der Waals surface area contributed by atoms with Crippen molar-refractivity contribution in [1.82, 2.24) is 20.2 Å². The minimum atomic E-state index is -3.27. The van der Waals surface area contributed by atoms with E-state index >= 15 is 0 Å². The number of rotatable bonds is 5. The van der Waals surface area contributed by atoms with Crippen LogP contribution < -0.4 is 11.1 Å². The van der Waals surface area contributed by atoms with Gasteiger partial charge in [-0.05, 0) is 30.7 Å². The number of nitrogens with two attached hydrogens (primary N) is 1. The monoisotopic (exact) mass is 374 g/mol. The van der Waals surface area contributed by atoms with E-state index in [1.54, 1.807) is 19.1 Å². The summed E-state index contributed by atoms with van der Waals surface area (Å²) in [6.07, 6.45) is 3.29. The molecule has 136 valence electrons. The highest BCUT2D eigenvalue weighted by molar-refractivity contribution is 7.90. The number of sulfone groups is 1. The fourth-order valence-corrected chi connectivity index (χ4v) is 3.36. The van der Waals surface area contributed by atoms with E-state index in [-0.39, 0.29) is 22.6 Å². The second-order valence-corrected chi connectivity index (χ2v) is 7.71. The average molecular weight is 374 g/mol. The SMILES string of the molecule is CCc1nnc(-c2cnc(Nc3ccc(S(C)(=O)=O)c(C)c3)nc2N)o1. The molecule has 0 fully saturated rings. The van der Waals surface area contributed by atoms with E-state index in [0.717, 1.165) is 0 Å². The molecule has 2 heterocycles. The molecule has 2 aromatic heterocycles. The molecule has 26 heavy (non-hydrogen) atoms. The lowest BCUT2D eigenvalue weighted by Crippen LogP contribution is -2.04. The largest absolute Gasteiger partial charge is 0.421 e. The van der Waals surface area contributed by atoms with Crippen LogP contribution in [0.15, 0.2) is 33.7 Å². The summed E-state index contributed by atoms with van der Waals surface area (Å²) in [5.41, 5.74) is 7.69. The predicted octanol–water partition coefficient (Wildman–Crippen LogP) is 2.13. The van der Waals surface area contributed by atoms with Crippen molar-refractivity contribution < 1.29 is 12.8 Å². The van der Waals surface area contributed by atoms with Crippen molar-refractivity contribution in [2.24, 2.45) is 0 Å². The third-order valence-electron chi connectivity index (χ3n) is 3.65. The van der Waals surface area contributed by atoms with Gasteiger partial charge in [0.2, 0.25) is 11.8 Å². The Hall–Kier alpha value is -3.01. The number of nitrogens with one attached hydrogen (secondary N) is 1. The summed E-state index contributed by atoms with van der Waals surface area (Å²) in [5, 5.41) is 10.8. The van der Waals surface area contributed by atoms with Crippen molar-refractivity contribution in [3.8, 4) is 11.5 Å². The van der Waals surface area contributed by atoms with Crippen LogP contribution in [0.2, 0.25) is 0 Å². The second kappa shape index (κ2) is 6.71. The van der Waals surface area contributed by atoms with Crippen LogP contribution in [0.1, 0.15) is 18.4 Å². The molecule has 9 nitrogen and oxygen atoms in total. The number of aryl methyl sites for hydroxylation is 2. The number of hydrogen-bond acceptors (Lipinski definition) is 9. The summed E-state index contributed by atoms with van der Waals surface area (Å²) >= 11 is 0. The van der Waals surface area contributed by atoms with Gasteiger partial charge in [0, 0.05) is 24.6 Å². The quantitative estimate of drug-likeness (QED) is 0.687. The maximum atomic E-state index is 11.7. The first kappa shape index (κ1) is 17.8. The molecule has 0 radical (unpaired) electrons. The summed E-state index contributed by atoms with van der Waals surface area (Å²) in [5.74, 6) is 1.23. The van der Waals surface area contributed by atoms with E-state index in [0.29, 0.717) is 29.1 Å². The Kier molecular flexibility index (Phi) is 4.60. The molecule has 0 aliphatic heterocycles. The van der Waals surface area contributed by atoms with Crippen LogP contribution in [0.3, 0.4) is 0 Å². The van der Waals surface area contributed by atoms with E-state index < -0.39 is 9.84 Å². The van der Waals surface area contributed by atoms with Crippen molar-refractivity contribution in [2.45, 2.75) is 25.2 Å². The Morgan fingerprint density at radius 2 is 2.04 bits per heavy atom. The van der Waals surface area contributed by atoms with Gasteiger partial charge in [0.15, 0.2) is 9.84 Å². The first-order valence-corrected chi connectivity index (χ1v) is 9.70. The van der Waals surface area contributed by atoms with Gasteiger partial charge in [0.05, 0.1) is 10.5 Å². The van der Waals surface area contributed by atoms with Crippen LogP contribution in [0.5, 0.6) is 0 Å². The van der Waals surface area contributed by atoms with E-state index in [4.69, 9.17) is 10.2 Å². The lowest BCUT2D eigenvalue weighted by atomic mass is 10.2. The van der Waals surface area contributed by atoms with Gasteiger partial charge in [-0.3, -0.25) is 0 Å². The standard InChI is InChI=1S/C16H18N6O3S/c1-4-13-21-22-15(25-13)11-8-18-16(20-14(11)17)19-10-5-6-12(9(2)7-10)26(3,23)24/h5-8H,4H2,1-3H3,(H3,17,18,19,20). The summed E-state index contributed by atoms with van der Waals surface area (Å²) in [7, 11) is -3.27. The summed E-state index contributed by atoms with van der Waals surface area (Å²) < 4.78 is 28.8. The van der Waals surface area contributed by atoms with E-state index in [2.05, 4.69) is 25.5 Å². The maximum absolute atomic E-state index is 11.7. The van der Waals surface area contributed by atoms with Gasteiger partial charge < -0.3 is 15.5 Å². The molecule has 3 aromatic rings. The third kappa shape index (κ3) is 3.64. The number of aromatic nitrogens is 4. The van der Waals surface area contributed by atoms with Crippen molar-refractivity contribution >= 4 is 27.3 Å². The van der Waals surface area contributed by atoms with Gasteiger partial charge in [-0.2, -0.15) is 4.98 Å². The Balaban J connectivity index is 1.85. The minimum absolute atomic E-state index is 0.193. The van der Waals surface area contributed by atoms with Crippen LogP contribution in [-0.2, 0) is 16.3 Å². The molecule has 0 unspecified atom stereocenters. The molecule has 0 amide bonds. The Labute approximate surface area is 150 Å². The maximum Gasteiger partial charge on any atom is 0.253 e.